The molecule has 4 heterocycles. The molecule has 36 heavy (non-hydrogen) atoms. The van der Waals surface area contributed by atoms with Gasteiger partial charge in [0.25, 0.3) is 0 Å². The lowest BCUT2D eigenvalue weighted by molar-refractivity contribution is -0.167. The van der Waals surface area contributed by atoms with Crippen LogP contribution in [0.5, 0.6) is 11.5 Å². The maximum absolute atomic E-state index is 13.6. The van der Waals surface area contributed by atoms with Gasteiger partial charge in [-0.3, -0.25) is 4.79 Å². The molecule has 3 aliphatic rings. The van der Waals surface area contributed by atoms with Crippen LogP contribution in [0.4, 0.5) is 5.82 Å². The summed E-state index contributed by atoms with van der Waals surface area (Å²) >= 11 is 6.54. The van der Waals surface area contributed by atoms with Gasteiger partial charge in [-0.15, -0.1) is 0 Å². The largest absolute Gasteiger partial charge is 0.457 e. The Balaban J connectivity index is 1.29. The van der Waals surface area contributed by atoms with E-state index in [-0.39, 0.29) is 17.9 Å². The molecule has 184 valence electrons. The standard InChI is InChI=1S/C27H25ClN4O4/c28-21-12-18(36-17-4-2-1-3-5-17)6-7-19(21)23(34)20-13-29-24-22(20)25(31-16-30-24)32-26-8-10-27(14-33,11-9-26)35-15-26/h1-7,12-13,16,33H,8-11,14-15H2,(H2,29,30,31,32). The molecule has 2 aromatic carbocycles. The van der Waals surface area contributed by atoms with Crippen LogP contribution in [0.15, 0.2) is 61.1 Å². The number of aliphatic hydroxyl groups is 1. The number of benzene rings is 2. The number of aromatic amines is 1. The van der Waals surface area contributed by atoms with Gasteiger partial charge in [0.2, 0.25) is 0 Å². The summed E-state index contributed by atoms with van der Waals surface area (Å²) in [6, 6.07) is 14.4. The monoisotopic (exact) mass is 504 g/mol. The first-order chi connectivity index (χ1) is 17.5. The Labute approximate surface area is 212 Å². The maximum atomic E-state index is 13.6. The zero-order chi connectivity index (χ0) is 24.8. The summed E-state index contributed by atoms with van der Waals surface area (Å²) in [5.74, 6) is 1.56. The molecule has 4 aromatic rings. The van der Waals surface area contributed by atoms with Crippen molar-refractivity contribution < 1.29 is 19.4 Å². The summed E-state index contributed by atoms with van der Waals surface area (Å²) in [5, 5.41) is 14.2. The van der Waals surface area contributed by atoms with Crippen LogP contribution in [-0.2, 0) is 4.74 Å². The molecule has 1 saturated carbocycles. The lowest BCUT2D eigenvalue weighted by Crippen LogP contribution is -2.60. The van der Waals surface area contributed by atoms with Crippen molar-refractivity contribution in [3.8, 4) is 11.5 Å². The molecular weight excluding hydrogens is 480 g/mol. The molecule has 3 N–H and O–H groups in total. The number of nitrogens with one attached hydrogen (secondary N) is 2. The molecule has 2 aromatic heterocycles. The van der Waals surface area contributed by atoms with Crippen molar-refractivity contribution in [1.82, 2.24) is 15.0 Å². The number of fused-ring (bicyclic) bond motifs is 4. The molecule has 0 atom stereocenters. The number of rotatable bonds is 7. The van der Waals surface area contributed by atoms with E-state index >= 15 is 0 Å². The van der Waals surface area contributed by atoms with Gasteiger partial charge in [-0.05, 0) is 49.9 Å². The molecule has 3 fully saturated rings. The molecule has 8 nitrogen and oxygen atoms in total. The van der Waals surface area contributed by atoms with E-state index in [0.717, 1.165) is 25.7 Å². The zero-order valence-corrected chi connectivity index (χ0v) is 20.2. The van der Waals surface area contributed by atoms with Crippen molar-refractivity contribution >= 4 is 34.2 Å². The van der Waals surface area contributed by atoms with Gasteiger partial charge in [0.1, 0.15) is 29.3 Å². The zero-order valence-electron chi connectivity index (χ0n) is 19.5. The van der Waals surface area contributed by atoms with Crippen molar-refractivity contribution in [3.63, 3.8) is 0 Å². The average molecular weight is 505 g/mol. The smallest absolute Gasteiger partial charge is 0.196 e. The molecule has 0 spiro atoms. The summed E-state index contributed by atoms with van der Waals surface area (Å²) in [4.78, 5) is 25.5. The first kappa shape index (κ1) is 23.0. The number of ether oxygens (including phenoxy) is 2. The Morgan fingerprint density at radius 3 is 2.58 bits per heavy atom. The number of carbonyl (C=O) groups excluding carboxylic acids is 1. The Bertz CT molecular complexity index is 1410. The van der Waals surface area contributed by atoms with Crippen LogP contribution >= 0.6 is 11.6 Å². The Morgan fingerprint density at radius 1 is 1.08 bits per heavy atom. The third kappa shape index (κ3) is 4.01. The second-order valence-electron chi connectivity index (χ2n) is 9.57. The van der Waals surface area contributed by atoms with Crippen LogP contribution in [0.25, 0.3) is 11.0 Å². The maximum Gasteiger partial charge on any atom is 0.196 e. The first-order valence-electron chi connectivity index (χ1n) is 11.9. The van der Waals surface area contributed by atoms with Gasteiger partial charge < -0.3 is 24.9 Å². The first-order valence-corrected chi connectivity index (χ1v) is 12.3. The van der Waals surface area contributed by atoms with Crippen LogP contribution in [0.1, 0.15) is 41.6 Å². The van der Waals surface area contributed by atoms with Crippen molar-refractivity contribution in [2.24, 2.45) is 0 Å². The van der Waals surface area contributed by atoms with Crippen molar-refractivity contribution in [1.29, 1.82) is 0 Å². The minimum absolute atomic E-state index is 0.0350. The van der Waals surface area contributed by atoms with Crippen LogP contribution < -0.4 is 10.1 Å². The predicted molar refractivity (Wildman–Crippen MR) is 136 cm³/mol. The van der Waals surface area contributed by atoms with Crippen LogP contribution in [0.2, 0.25) is 5.02 Å². The third-order valence-electron chi connectivity index (χ3n) is 7.32. The molecule has 2 aliphatic heterocycles. The number of hydrogen-bond acceptors (Lipinski definition) is 7. The normalized spacial score (nSPS) is 23.1. The van der Waals surface area contributed by atoms with E-state index in [1.165, 1.54) is 6.33 Å². The topological polar surface area (TPSA) is 109 Å². The number of aromatic nitrogens is 3. The van der Waals surface area contributed by atoms with E-state index in [1.807, 2.05) is 30.3 Å². The van der Waals surface area contributed by atoms with Gasteiger partial charge in [-0.1, -0.05) is 29.8 Å². The highest BCUT2D eigenvalue weighted by Crippen LogP contribution is 2.45. The van der Waals surface area contributed by atoms with Crippen LogP contribution in [-0.4, -0.2) is 50.2 Å². The quantitative estimate of drug-likeness (QED) is 0.300. The van der Waals surface area contributed by atoms with Crippen molar-refractivity contribution in [2.75, 3.05) is 18.5 Å². The van der Waals surface area contributed by atoms with Gasteiger partial charge in [0.05, 0.1) is 40.3 Å². The van der Waals surface area contributed by atoms with Gasteiger partial charge >= 0.3 is 0 Å². The number of ketones is 1. The Morgan fingerprint density at radius 2 is 1.89 bits per heavy atom. The molecule has 2 saturated heterocycles. The number of aliphatic hydroxyl groups excluding tert-OH is 1. The van der Waals surface area contributed by atoms with Gasteiger partial charge in [-0.2, -0.15) is 0 Å². The van der Waals surface area contributed by atoms with E-state index in [4.69, 9.17) is 21.1 Å². The lowest BCUT2D eigenvalue weighted by Gasteiger charge is -2.52. The summed E-state index contributed by atoms with van der Waals surface area (Å²) in [5.41, 5.74) is 0.624. The van der Waals surface area contributed by atoms with Crippen LogP contribution in [0.3, 0.4) is 0 Å². The van der Waals surface area contributed by atoms with Gasteiger partial charge in [0, 0.05) is 17.8 Å². The second kappa shape index (κ2) is 8.89. The molecule has 9 heteroatoms. The number of H-pyrrole nitrogens is 1. The van der Waals surface area contributed by atoms with Crippen LogP contribution in [0, 0.1) is 0 Å². The summed E-state index contributed by atoms with van der Waals surface area (Å²) in [7, 11) is 0. The molecule has 0 radical (unpaired) electrons. The van der Waals surface area contributed by atoms with Gasteiger partial charge in [0.15, 0.2) is 5.78 Å². The molecule has 1 aliphatic carbocycles. The molecule has 0 amide bonds. The third-order valence-corrected chi connectivity index (χ3v) is 7.64. The minimum Gasteiger partial charge on any atom is -0.457 e. The highest BCUT2D eigenvalue weighted by atomic mass is 35.5. The molecule has 2 bridgehead atoms. The van der Waals surface area contributed by atoms with Gasteiger partial charge in [-0.25, -0.2) is 9.97 Å². The van der Waals surface area contributed by atoms with E-state index < -0.39 is 5.60 Å². The Hall–Kier alpha value is -3.46. The SMILES string of the molecule is O=C(c1ccc(Oc2ccccc2)cc1Cl)c1c[nH]c2ncnc(NC34CCC(CO)(CC3)OC4)c12. The fourth-order valence-electron chi connectivity index (χ4n) is 5.13. The summed E-state index contributed by atoms with van der Waals surface area (Å²) in [6.45, 7) is 0.509. The van der Waals surface area contributed by atoms with E-state index in [0.29, 0.717) is 51.1 Å². The van der Waals surface area contributed by atoms with Crippen molar-refractivity contribution in [2.45, 2.75) is 36.8 Å². The number of para-hydroxylation sites is 1. The predicted octanol–water partition coefficient (Wildman–Crippen LogP) is 5.12. The Kier molecular flexibility index (Phi) is 5.67. The lowest BCUT2D eigenvalue weighted by atomic mass is 9.71. The fourth-order valence-corrected chi connectivity index (χ4v) is 5.39. The molecular formula is C27H25ClN4O4. The second-order valence-corrected chi connectivity index (χ2v) is 9.98. The number of carbonyl (C=O) groups is 1. The van der Waals surface area contributed by atoms with E-state index in [1.54, 1.807) is 24.4 Å². The average Bonchev–Trinajstić information content (AvgIpc) is 3.35. The number of halogens is 1. The number of hydrogen-bond donors (Lipinski definition) is 3. The highest BCUT2D eigenvalue weighted by Gasteiger charge is 2.50. The minimum atomic E-state index is -0.424. The van der Waals surface area contributed by atoms with Crippen molar-refractivity contribution in [3.05, 3.63) is 77.2 Å². The number of anilines is 1. The highest BCUT2D eigenvalue weighted by molar-refractivity contribution is 6.35. The molecule has 7 rings (SSSR count). The summed E-state index contributed by atoms with van der Waals surface area (Å²) in [6.07, 6.45) is 6.36. The van der Waals surface area contributed by atoms with E-state index in [2.05, 4.69) is 20.3 Å². The fraction of sp³-hybridized carbons (Fsp3) is 0.296. The molecule has 0 unspecified atom stereocenters. The summed E-state index contributed by atoms with van der Waals surface area (Å²) < 4.78 is 11.9. The van der Waals surface area contributed by atoms with E-state index in [9.17, 15) is 9.90 Å². The number of nitrogens with zero attached hydrogens (tertiary/aromatic N) is 2.